The third-order valence-corrected chi connectivity index (χ3v) is 3.59. The maximum absolute atomic E-state index is 4.55. The Balaban J connectivity index is 2.21. The highest BCUT2D eigenvalue weighted by atomic mass is 32.1. The molecule has 66 valence electrons. The molecule has 1 aromatic rings. The van der Waals surface area contributed by atoms with E-state index in [2.05, 4.69) is 24.1 Å². The molecule has 1 N–H and O–H groups in total. The Kier molecular flexibility index (Phi) is 2.15. The smallest absolute Gasteiger partial charge is 0.110 e. The summed E-state index contributed by atoms with van der Waals surface area (Å²) in [6.45, 7) is 5.39. The Hall–Kier alpha value is -0.410. The molecule has 0 aromatic carbocycles. The quantitative estimate of drug-likeness (QED) is 0.720. The standard InChI is InChI=1S/C9H14N2S/c1-6-7(2)12-9(11-6)8-4-3-5-10-8/h8,10H,3-5H2,1-2H3. The molecule has 0 radical (unpaired) electrons. The van der Waals surface area contributed by atoms with E-state index < -0.39 is 0 Å². The van der Waals surface area contributed by atoms with Crippen molar-refractivity contribution in [2.75, 3.05) is 6.54 Å². The molecular weight excluding hydrogens is 168 g/mol. The van der Waals surface area contributed by atoms with E-state index in [0.717, 1.165) is 6.54 Å². The number of thiazole rings is 1. The summed E-state index contributed by atoms with van der Waals surface area (Å²) in [6.07, 6.45) is 2.55. The zero-order valence-electron chi connectivity index (χ0n) is 7.55. The van der Waals surface area contributed by atoms with Gasteiger partial charge in [-0.2, -0.15) is 0 Å². The topological polar surface area (TPSA) is 24.9 Å². The van der Waals surface area contributed by atoms with Crippen LogP contribution in [0.2, 0.25) is 0 Å². The van der Waals surface area contributed by atoms with E-state index in [0.29, 0.717) is 6.04 Å². The average Bonchev–Trinajstić information content (AvgIpc) is 2.61. The highest BCUT2D eigenvalue weighted by Crippen LogP contribution is 2.28. The molecule has 1 aromatic heterocycles. The molecule has 1 unspecified atom stereocenters. The molecule has 0 bridgehead atoms. The van der Waals surface area contributed by atoms with Crippen LogP contribution in [0.3, 0.4) is 0 Å². The lowest BCUT2D eigenvalue weighted by atomic mass is 10.2. The fourth-order valence-electron chi connectivity index (χ4n) is 1.54. The monoisotopic (exact) mass is 182 g/mol. The van der Waals surface area contributed by atoms with Crippen molar-refractivity contribution in [2.45, 2.75) is 32.7 Å². The molecule has 2 heterocycles. The maximum Gasteiger partial charge on any atom is 0.110 e. The van der Waals surface area contributed by atoms with Crippen LogP contribution in [0.5, 0.6) is 0 Å². The summed E-state index contributed by atoms with van der Waals surface area (Å²) in [6, 6.07) is 0.544. The van der Waals surface area contributed by atoms with Crippen LogP contribution in [-0.2, 0) is 0 Å². The van der Waals surface area contributed by atoms with Crippen LogP contribution in [0.4, 0.5) is 0 Å². The van der Waals surface area contributed by atoms with Gasteiger partial charge in [0.2, 0.25) is 0 Å². The first kappa shape index (κ1) is 8.20. The van der Waals surface area contributed by atoms with Gasteiger partial charge in [-0.1, -0.05) is 0 Å². The number of nitrogens with zero attached hydrogens (tertiary/aromatic N) is 1. The van der Waals surface area contributed by atoms with E-state index in [1.165, 1.54) is 28.4 Å². The van der Waals surface area contributed by atoms with Crippen LogP contribution < -0.4 is 5.32 Å². The average molecular weight is 182 g/mol. The molecule has 0 aliphatic carbocycles. The van der Waals surface area contributed by atoms with Gasteiger partial charge in [0.15, 0.2) is 0 Å². The number of hydrogen-bond acceptors (Lipinski definition) is 3. The molecule has 0 amide bonds. The third-order valence-electron chi connectivity index (χ3n) is 2.40. The molecule has 0 saturated carbocycles. The van der Waals surface area contributed by atoms with Gasteiger partial charge in [0, 0.05) is 4.88 Å². The van der Waals surface area contributed by atoms with E-state index in [4.69, 9.17) is 0 Å². The number of aryl methyl sites for hydroxylation is 2. The van der Waals surface area contributed by atoms with Crippen LogP contribution in [0.15, 0.2) is 0 Å². The largest absolute Gasteiger partial charge is 0.308 e. The summed E-state index contributed by atoms with van der Waals surface area (Å²) >= 11 is 1.84. The van der Waals surface area contributed by atoms with Gasteiger partial charge in [-0.3, -0.25) is 0 Å². The van der Waals surface area contributed by atoms with E-state index in [1.807, 2.05) is 11.3 Å². The van der Waals surface area contributed by atoms with E-state index in [1.54, 1.807) is 0 Å². The summed E-state index contributed by atoms with van der Waals surface area (Å²) in [4.78, 5) is 5.91. The number of hydrogen-bond donors (Lipinski definition) is 1. The molecule has 2 nitrogen and oxygen atoms in total. The molecule has 1 aliphatic heterocycles. The zero-order valence-corrected chi connectivity index (χ0v) is 8.37. The second-order valence-corrected chi connectivity index (χ2v) is 4.58. The molecule has 0 spiro atoms. The van der Waals surface area contributed by atoms with Crippen LogP contribution in [0, 0.1) is 13.8 Å². The van der Waals surface area contributed by atoms with Gasteiger partial charge in [0.05, 0.1) is 11.7 Å². The van der Waals surface area contributed by atoms with Gasteiger partial charge in [-0.25, -0.2) is 4.98 Å². The molecule has 1 aliphatic rings. The summed E-state index contributed by atoms with van der Waals surface area (Å²) in [5.74, 6) is 0. The van der Waals surface area contributed by atoms with Crippen molar-refractivity contribution >= 4 is 11.3 Å². The van der Waals surface area contributed by atoms with E-state index in [9.17, 15) is 0 Å². The first-order valence-electron chi connectivity index (χ1n) is 4.44. The number of nitrogens with one attached hydrogen (secondary N) is 1. The lowest BCUT2D eigenvalue weighted by Crippen LogP contribution is -2.12. The number of rotatable bonds is 1. The van der Waals surface area contributed by atoms with E-state index in [-0.39, 0.29) is 0 Å². The fourth-order valence-corrected chi connectivity index (χ4v) is 2.57. The SMILES string of the molecule is Cc1nc(C2CCCN2)sc1C. The highest BCUT2D eigenvalue weighted by Gasteiger charge is 2.19. The minimum Gasteiger partial charge on any atom is -0.308 e. The van der Waals surface area contributed by atoms with Crippen molar-refractivity contribution < 1.29 is 0 Å². The van der Waals surface area contributed by atoms with Crippen LogP contribution in [0.1, 0.15) is 34.5 Å². The van der Waals surface area contributed by atoms with Crippen molar-refractivity contribution in [1.29, 1.82) is 0 Å². The second-order valence-electron chi connectivity index (χ2n) is 3.34. The molecule has 1 fully saturated rings. The third kappa shape index (κ3) is 1.39. The van der Waals surface area contributed by atoms with Crippen molar-refractivity contribution in [1.82, 2.24) is 10.3 Å². The molecule has 3 heteroatoms. The van der Waals surface area contributed by atoms with Crippen LogP contribution in [-0.4, -0.2) is 11.5 Å². The Morgan fingerprint density at radius 3 is 2.83 bits per heavy atom. The maximum atomic E-state index is 4.55. The predicted molar refractivity (Wildman–Crippen MR) is 51.6 cm³/mol. The Morgan fingerprint density at radius 2 is 2.33 bits per heavy atom. The van der Waals surface area contributed by atoms with Crippen LogP contribution in [0.25, 0.3) is 0 Å². The lowest BCUT2D eigenvalue weighted by molar-refractivity contribution is 0.641. The van der Waals surface area contributed by atoms with Crippen LogP contribution >= 0.6 is 11.3 Å². The Morgan fingerprint density at radius 1 is 1.50 bits per heavy atom. The fraction of sp³-hybridized carbons (Fsp3) is 0.667. The van der Waals surface area contributed by atoms with Crippen molar-refractivity contribution in [3.05, 3.63) is 15.6 Å². The molecule has 12 heavy (non-hydrogen) atoms. The minimum absolute atomic E-state index is 0.544. The lowest BCUT2D eigenvalue weighted by Gasteiger charge is -2.03. The Labute approximate surface area is 77.0 Å². The molecule has 1 atom stereocenters. The van der Waals surface area contributed by atoms with Crippen molar-refractivity contribution in [3.63, 3.8) is 0 Å². The summed E-state index contributed by atoms with van der Waals surface area (Å²) in [5, 5.41) is 4.74. The predicted octanol–water partition coefficient (Wildman–Crippen LogP) is 2.18. The first-order valence-corrected chi connectivity index (χ1v) is 5.26. The summed E-state index contributed by atoms with van der Waals surface area (Å²) in [7, 11) is 0. The van der Waals surface area contributed by atoms with E-state index >= 15 is 0 Å². The normalized spacial score (nSPS) is 23.3. The van der Waals surface area contributed by atoms with Gasteiger partial charge >= 0.3 is 0 Å². The second kappa shape index (κ2) is 3.15. The van der Waals surface area contributed by atoms with Crippen molar-refractivity contribution in [3.8, 4) is 0 Å². The minimum atomic E-state index is 0.544. The van der Waals surface area contributed by atoms with Gasteiger partial charge < -0.3 is 5.32 Å². The Bertz CT molecular complexity index is 255. The van der Waals surface area contributed by atoms with Gasteiger partial charge in [-0.15, -0.1) is 11.3 Å². The highest BCUT2D eigenvalue weighted by molar-refractivity contribution is 7.11. The van der Waals surface area contributed by atoms with Gasteiger partial charge in [0.25, 0.3) is 0 Å². The van der Waals surface area contributed by atoms with Gasteiger partial charge in [-0.05, 0) is 33.2 Å². The molecule has 1 saturated heterocycles. The molecular formula is C9H14N2S. The molecule has 2 rings (SSSR count). The van der Waals surface area contributed by atoms with Crippen molar-refractivity contribution in [2.24, 2.45) is 0 Å². The summed E-state index contributed by atoms with van der Waals surface area (Å²) < 4.78 is 0. The first-order chi connectivity index (χ1) is 5.77. The summed E-state index contributed by atoms with van der Waals surface area (Å²) in [5.41, 5.74) is 1.20. The zero-order chi connectivity index (χ0) is 8.55. The number of aromatic nitrogens is 1. The van der Waals surface area contributed by atoms with Gasteiger partial charge in [0.1, 0.15) is 5.01 Å².